The molecule has 26 heavy (non-hydrogen) atoms. The average Bonchev–Trinajstić information content (AvgIpc) is 2.62. The summed E-state index contributed by atoms with van der Waals surface area (Å²) in [5.41, 5.74) is 1.22. The molecule has 0 unspecified atom stereocenters. The van der Waals surface area contributed by atoms with Crippen LogP contribution in [-0.4, -0.2) is 56.7 Å². The third kappa shape index (κ3) is 6.61. The van der Waals surface area contributed by atoms with Crippen LogP contribution in [0, 0.1) is 0 Å². The molecule has 1 aromatic carbocycles. The van der Waals surface area contributed by atoms with Gasteiger partial charge in [-0.05, 0) is 32.4 Å². The number of hydrogen-bond donors (Lipinski definition) is 4. The lowest BCUT2D eigenvalue weighted by Crippen LogP contribution is -3.30. The Morgan fingerprint density at radius 1 is 1.08 bits per heavy atom. The molecule has 2 rings (SSSR count). The zero-order valence-corrected chi connectivity index (χ0v) is 16.0. The summed E-state index contributed by atoms with van der Waals surface area (Å²) < 4.78 is 0. The smallest absolute Gasteiger partial charge is 0.321 e. The summed E-state index contributed by atoms with van der Waals surface area (Å²) >= 11 is 0. The van der Waals surface area contributed by atoms with Crippen molar-refractivity contribution in [3.63, 3.8) is 0 Å². The van der Waals surface area contributed by atoms with Gasteiger partial charge in [0.1, 0.15) is 26.2 Å². The minimum atomic E-state index is -0.411. The first kappa shape index (κ1) is 20.1. The van der Waals surface area contributed by atoms with Gasteiger partial charge in [-0.2, -0.15) is 0 Å². The molecule has 142 valence electrons. The number of rotatable bonds is 6. The van der Waals surface area contributed by atoms with Crippen molar-refractivity contribution in [2.24, 2.45) is 0 Å². The lowest BCUT2D eigenvalue weighted by Gasteiger charge is -2.32. The van der Waals surface area contributed by atoms with Gasteiger partial charge in [-0.1, -0.05) is 36.4 Å². The maximum atomic E-state index is 12.2. The van der Waals surface area contributed by atoms with Gasteiger partial charge in [-0.15, -0.1) is 0 Å². The normalized spacial score (nSPS) is 21.5. The summed E-state index contributed by atoms with van der Waals surface area (Å²) in [4.78, 5) is 26.7. The Kier molecular flexibility index (Phi) is 7.81. The van der Waals surface area contributed by atoms with Crippen LogP contribution in [0.5, 0.6) is 0 Å². The molecule has 1 atom stereocenters. The van der Waals surface area contributed by atoms with Crippen molar-refractivity contribution in [1.82, 2.24) is 10.6 Å². The number of carbonyl (C=O) groups excluding carboxylic acids is 2. The Morgan fingerprint density at radius 3 is 2.35 bits per heavy atom. The number of hydrogen-bond acceptors (Lipinski definition) is 2. The van der Waals surface area contributed by atoms with Gasteiger partial charge in [0.2, 0.25) is 0 Å². The van der Waals surface area contributed by atoms with Gasteiger partial charge in [-0.25, -0.2) is 4.79 Å². The summed E-state index contributed by atoms with van der Waals surface area (Å²) in [6.45, 7) is 10.6. The number of quaternary nitrogens is 2. The Balaban J connectivity index is 1.72. The van der Waals surface area contributed by atoms with Gasteiger partial charge < -0.3 is 15.1 Å². The number of nitrogens with one attached hydrogen (secondary N) is 4. The topological polar surface area (TPSA) is 67.1 Å². The van der Waals surface area contributed by atoms with Gasteiger partial charge in [0.25, 0.3) is 5.91 Å². The van der Waals surface area contributed by atoms with E-state index in [0.717, 1.165) is 32.7 Å². The van der Waals surface area contributed by atoms with E-state index in [1.807, 2.05) is 39.0 Å². The number of amides is 3. The third-order valence-electron chi connectivity index (χ3n) is 4.78. The molecule has 1 aliphatic heterocycles. The van der Waals surface area contributed by atoms with Gasteiger partial charge in [0.05, 0.1) is 6.54 Å². The first-order valence-corrected chi connectivity index (χ1v) is 9.47. The van der Waals surface area contributed by atoms with Crippen LogP contribution in [0.15, 0.2) is 36.4 Å². The van der Waals surface area contributed by atoms with Gasteiger partial charge >= 0.3 is 6.03 Å². The van der Waals surface area contributed by atoms with E-state index in [1.54, 1.807) is 0 Å². The van der Waals surface area contributed by atoms with Crippen LogP contribution in [0.25, 0.3) is 6.08 Å². The van der Waals surface area contributed by atoms with E-state index in [0.29, 0.717) is 0 Å². The van der Waals surface area contributed by atoms with Crippen molar-refractivity contribution >= 4 is 18.0 Å². The number of benzene rings is 1. The van der Waals surface area contributed by atoms with Crippen LogP contribution in [0.3, 0.4) is 0 Å². The Bertz CT molecular complexity index is 607. The highest BCUT2D eigenvalue weighted by atomic mass is 16.2. The molecule has 0 aromatic heterocycles. The second kappa shape index (κ2) is 10.1. The molecule has 1 aliphatic rings. The predicted octanol–water partition coefficient (Wildman–Crippen LogP) is -0.894. The largest absolute Gasteiger partial charge is 0.336 e. The monoisotopic (exact) mass is 360 g/mol. The fourth-order valence-corrected chi connectivity index (χ4v) is 3.19. The molecular weight excluding hydrogens is 328 g/mol. The van der Waals surface area contributed by atoms with Crippen LogP contribution in [0.1, 0.15) is 26.3 Å². The lowest BCUT2D eigenvalue weighted by molar-refractivity contribution is -1.02. The van der Waals surface area contributed by atoms with E-state index in [9.17, 15) is 9.59 Å². The zero-order chi connectivity index (χ0) is 18.9. The molecule has 1 saturated heterocycles. The standard InChI is InChI=1S/C20H30N4O2/c1-16(2)21-20(26)22-19(25)17(3)24-14-12-23(13-15-24)11-7-10-18-8-5-4-6-9-18/h4-10,16-17H,11-15H2,1-3H3,(H2,21,22,25,26)/p+2/b10-7+/t17-/m1/s1. The molecular formula is C20H32N4O2+2. The summed E-state index contributed by atoms with van der Waals surface area (Å²) in [7, 11) is 0. The first-order chi connectivity index (χ1) is 12.5. The molecule has 3 amide bonds. The molecule has 0 spiro atoms. The van der Waals surface area contributed by atoms with Crippen LogP contribution in [0.2, 0.25) is 0 Å². The molecule has 0 saturated carbocycles. The summed E-state index contributed by atoms with van der Waals surface area (Å²) in [6.07, 6.45) is 4.39. The second-order valence-electron chi connectivity index (χ2n) is 7.26. The van der Waals surface area contributed by atoms with E-state index in [-0.39, 0.29) is 18.0 Å². The minimum Gasteiger partial charge on any atom is -0.336 e. The molecule has 1 fully saturated rings. The summed E-state index contributed by atoms with van der Waals surface area (Å²) in [6, 6.07) is 9.70. The maximum Gasteiger partial charge on any atom is 0.321 e. The highest BCUT2D eigenvalue weighted by Crippen LogP contribution is 1.99. The van der Waals surface area contributed by atoms with Gasteiger partial charge in [0, 0.05) is 6.04 Å². The molecule has 1 heterocycles. The predicted molar refractivity (Wildman–Crippen MR) is 103 cm³/mol. The lowest BCUT2D eigenvalue weighted by atomic mass is 10.2. The van der Waals surface area contributed by atoms with E-state index < -0.39 is 6.03 Å². The number of urea groups is 1. The van der Waals surface area contributed by atoms with E-state index in [4.69, 9.17) is 0 Å². The Labute approximate surface area is 156 Å². The van der Waals surface area contributed by atoms with Crippen LogP contribution < -0.4 is 20.4 Å². The van der Waals surface area contributed by atoms with Gasteiger partial charge in [0.15, 0.2) is 6.04 Å². The number of piperazine rings is 1. The van der Waals surface area contributed by atoms with Crippen LogP contribution in [0.4, 0.5) is 4.79 Å². The maximum absolute atomic E-state index is 12.2. The molecule has 0 aliphatic carbocycles. The number of imide groups is 1. The van der Waals surface area contributed by atoms with Crippen molar-refractivity contribution in [3.05, 3.63) is 42.0 Å². The Morgan fingerprint density at radius 2 is 1.73 bits per heavy atom. The molecule has 4 N–H and O–H groups in total. The van der Waals surface area contributed by atoms with Crippen molar-refractivity contribution < 1.29 is 19.4 Å². The average molecular weight is 361 g/mol. The van der Waals surface area contributed by atoms with Crippen molar-refractivity contribution in [2.75, 3.05) is 32.7 Å². The Hall–Kier alpha value is -2.18. The minimum absolute atomic E-state index is 0.0153. The second-order valence-corrected chi connectivity index (χ2v) is 7.26. The molecule has 0 radical (unpaired) electrons. The molecule has 6 nitrogen and oxygen atoms in total. The number of carbonyl (C=O) groups is 2. The quantitative estimate of drug-likeness (QED) is 0.532. The highest BCUT2D eigenvalue weighted by molar-refractivity contribution is 5.96. The summed E-state index contributed by atoms with van der Waals surface area (Å²) in [5.74, 6) is -0.203. The zero-order valence-electron chi connectivity index (χ0n) is 16.0. The fraction of sp³-hybridized carbons (Fsp3) is 0.500. The SMILES string of the molecule is CC(C)NC(=O)NC(=O)[C@@H](C)[NH+]1CC[NH+](C/C=C/c2ccccc2)CC1. The first-order valence-electron chi connectivity index (χ1n) is 9.47. The molecule has 0 bridgehead atoms. The van der Waals surface area contributed by atoms with E-state index in [1.165, 1.54) is 15.4 Å². The van der Waals surface area contributed by atoms with E-state index in [2.05, 4.69) is 34.9 Å². The molecule has 1 aromatic rings. The van der Waals surface area contributed by atoms with Crippen molar-refractivity contribution in [1.29, 1.82) is 0 Å². The third-order valence-corrected chi connectivity index (χ3v) is 4.78. The van der Waals surface area contributed by atoms with Crippen molar-refractivity contribution in [3.8, 4) is 0 Å². The van der Waals surface area contributed by atoms with Gasteiger partial charge in [-0.3, -0.25) is 10.1 Å². The fourth-order valence-electron chi connectivity index (χ4n) is 3.19. The highest BCUT2D eigenvalue weighted by Gasteiger charge is 2.31. The van der Waals surface area contributed by atoms with E-state index >= 15 is 0 Å². The molecule has 6 heteroatoms. The van der Waals surface area contributed by atoms with Crippen molar-refractivity contribution in [2.45, 2.75) is 32.9 Å². The summed E-state index contributed by atoms with van der Waals surface area (Å²) in [5, 5.41) is 5.13. The van der Waals surface area contributed by atoms with Crippen LogP contribution in [-0.2, 0) is 4.79 Å². The van der Waals surface area contributed by atoms with Crippen LogP contribution >= 0.6 is 0 Å².